The van der Waals surface area contributed by atoms with Crippen molar-refractivity contribution >= 4 is 17.0 Å². The van der Waals surface area contributed by atoms with Crippen molar-refractivity contribution in [1.29, 1.82) is 5.26 Å². The van der Waals surface area contributed by atoms with E-state index >= 15 is 0 Å². The molecule has 0 aliphatic carbocycles. The van der Waals surface area contributed by atoms with Crippen LogP contribution in [0.3, 0.4) is 0 Å². The van der Waals surface area contributed by atoms with Gasteiger partial charge in [-0.15, -0.1) is 0 Å². The fourth-order valence-corrected chi connectivity index (χ4v) is 1.54. The Morgan fingerprint density at radius 2 is 2.16 bits per heavy atom. The van der Waals surface area contributed by atoms with Gasteiger partial charge in [0.1, 0.15) is 5.52 Å². The summed E-state index contributed by atoms with van der Waals surface area (Å²) in [4.78, 5) is 14.7. The van der Waals surface area contributed by atoms with E-state index in [1.807, 2.05) is 6.07 Å². The lowest BCUT2D eigenvalue weighted by Crippen LogP contribution is -2.22. The number of fused-ring (bicyclic) bond motifs is 1. The van der Waals surface area contributed by atoms with E-state index in [9.17, 15) is 13.2 Å². The van der Waals surface area contributed by atoms with Crippen molar-refractivity contribution in [1.82, 2.24) is 19.9 Å². The Morgan fingerprint density at radius 3 is 2.79 bits per heavy atom. The number of anilines is 1. The first kappa shape index (κ1) is 13.1. The highest BCUT2D eigenvalue weighted by Gasteiger charge is 2.36. The molecule has 0 fully saturated rings. The topological polar surface area (TPSA) is 81.5 Å². The van der Waals surface area contributed by atoms with Gasteiger partial charge in [0.25, 0.3) is 0 Å². The Kier molecular flexibility index (Phi) is 3.25. The highest BCUT2D eigenvalue weighted by atomic mass is 19.4. The van der Waals surface area contributed by atoms with Crippen LogP contribution in [0.25, 0.3) is 11.2 Å². The van der Waals surface area contributed by atoms with Gasteiger partial charge in [0.15, 0.2) is 11.5 Å². The maximum absolute atomic E-state index is 12.7. The molecule has 0 spiro atoms. The standard InChI is InChI=1S/C10H9F3N6/c1-19(4-2-3-14)8-6-7(16-5-15-6)17-9(18-8)10(11,12)13/h5H,2,4H2,1H3,(H,15,16,17,18). The van der Waals surface area contributed by atoms with E-state index in [4.69, 9.17) is 5.26 Å². The fraction of sp³-hybridized carbons (Fsp3) is 0.400. The third kappa shape index (κ3) is 2.57. The number of hydrogen-bond donors (Lipinski definition) is 1. The van der Waals surface area contributed by atoms with Gasteiger partial charge in [0.2, 0.25) is 5.82 Å². The van der Waals surface area contributed by atoms with E-state index in [0.717, 1.165) is 0 Å². The van der Waals surface area contributed by atoms with E-state index in [1.54, 1.807) is 7.05 Å². The Labute approximate surface area is 105 Å². The minimum absolute atomic E-state index is 0.0545. The number of rotatable bonds is 3. The summed E-state index contributed by atoms with van der Waals surface area (Å²) >= 11 is 0. The number of aromatic amines is 1. The van der Waals surface area contributed by atoms with Crippen LogP contribution in [0, 0.1) is 11.3 Å². The summed E-state index contributed by atoms with van der Waals surface area (Å²) in [6.07, 6.45) is -3.21. The zero-order valence-electron chi connectivity index (χ0n) is 9.86. The Hall–Kier alpha value is -2.37. The third-order valence-electron chi connectivity index (χ3n) is 2.44. The van der Waals surface area contributed by atoms with Crippen LogP contribution in [0.15, 0.2) is 6.33 Å². The summed E-state index contributed by atoms with van der Waals surface area (Å²) in [6, 6.07) is 1.92. The van der Waals surface area contributed by atoms with Crippen LogP contribution in [0.1, 0.15) is 12.2 Å². The third-order valence-corrected chi connectivity index (χ3v) is 2.44. The second-order valence-electron chi connectivity index (χ2n) is 3.80. The summed E-state index contributed by atoms with van der Waals surface area (Å²) in [6.45, 7) is 0.263. The van der Waals surface area contributed by atoms with E-state index in [-0.39, 0.29) is 24.4 Å². The summed E-state index contributed by atoms with van der Waals surface area (Å²) in [5, 5.41) is 8.51. The number of aromatic nitrogens is 4. The van der Waals surface area contributed by atoms with Gasteiger partial charge in [-0.3, -0.25) is 0 Å². The molecule has 2 aromatic rings. The molecule has 0 aliphatic heterocycles. The average Bonchev–Trinajstić information content (AvgIpc) is 2.81. The molecule has 0 radical (unpaired) electrons. The molecule has 1 N–H and O–H groups in total. The molecule has 0 saturated carbocycles. The van der Waals surface area contributed by atoms with Crippen molar-refractivity contribution in [2.75, 3.05) is 18.5 Å². The lowest BCUT2D eigenvalue weighted by molar-refractivity contribution is -0.144. The van der Waals surface area contributed by atoms with Crippen molar-refractivity contribution in [3.8, 4) is 6.07 Å². The van der Waals surface area contributed by atoms with Gasteiger partial charge in [-0.25, -0.2) is 15.0 Å². The summed E-state index contributed by atoms with van der Waals surface area (Å²) in [7, 11) is 1.56. The van der Waals surface area contributed by atoms with E-state index in [0.29, 0.717) is 5.52 Å². The lowest BCUT2D eigenvalue weighted by Gasteiger charge is -2.18. The highest BCUT2D eigenvalue weighted by molar-refractivity contribution is 5.82. The van der Waals surface area contributed by atoms with E-state index < -0.39 is 12.0 Å². The largest absolute Gasteiger partial charge is 0.451 e. The van der Waals surface area contributed by atoms with Crippen LogP contribution in [0.2, 0.25) is 0 Å². The first-order valence-electron chi connectivity index (χ1n) is 5.30. The molecule has 9 heteroatoms. The number of nitrogens with one attached hydrogen (secondary N) is 1. The molecule has 0 bridgehead atoms. The van der Waals surface area contributed by atoms with Gasteiger partial charge in [0.05, 0.1) is 18.8 Å². The predicted octanol–water partition coefficient (Wildman–Crippen LogP) is 1.72. The van der Waals surface area contributed by atoms with Crippen LogP contribution in [-0.4, -0.2) is 33.5 Å². The molecule has 19 heavy (non-hydrogen) atoms. The van der Waals surface area contributed by atoms with Gasteiger partial charge in [0, 0.05) is 13.6 Å². The zero-order chi connectivity index (χ0) is 14.0. The van der Waals surface area contributed by atoms with E-state index in [1.165, 1.54) is 11.2 Å². The quantitative estimate of drug-likeness (QED) is 0.918. The lowest BCUT2D eigenvalue weighted by atomic mass is 10.4. The number of H-pyrrole nitrogens is 1. The maximum Gasteiger partial charge on any atom is 0.451 e. The summed E-state index contributed by atoms with van der Waals surface area (Å²) in [5.74, 6) is -1.17. The number of hydrogen-bond acceptors (Lipinski definition) is 5. The number of nitriles is 1. The zero-order valence-corrected chi connectivity index (χ0v) is 9.86. The Bertz CT molecular complexity index is 626. The van der Waals surface area contributed by atoms with Crippen LogP contribution >= 0.6 is 0 Å². The molecule has 2 aromatic heterocycles. The minimum atomic E-state index is -4.64. The molecule has 0 aromatic carbocycles. The Balaban J connectivity index is 2.52. The number of nitrogens with zero attached hydrogens (tertiary/aromatic N) is 5. The van der Waals surface area contributed by atoms with Crippen molar-refractivity contribution in [2.24, 2.45) is 0 Å². The average molecular weight is 270 g/mol. The first-order chi connectivity index (χ1) is 8.93. The van der Waals surface area contributed by atoms with Crippen LogP contribution in [-0.2, 0) is 6.18 Å². The second-order valence-corrected chi connectivity index (χ2v) is 3.80. The SMILES string of the molecule is CN(CCC#N)c1nc(C(F)(F)F)nc2nc[nH]c12. The predicted molar refractivity (Wildman–Crippen MR) is 60.2 cm³/mol. The van der Waals surface area contributed by atoms with Crippen LogP contribution < -0.4 is 4.90 Å². The minimum Gasteiger partial charge on any atom is -0.357 e. The molecular formula is C10H9F3N6. The molecule has 0 unspecified atom stereocenters. The second kappa shape index (κ2) is 4.72. The van der Waals surface area contributed by atoms with Gasteiger partial charge < -0.3 is 9.88 Å². The number of imidazole rings is 1. The Morgan fingerprint density at radius 1 is 1.42 bits per heavy atom. The van der Waals surface area contributed by atoms with Gasteiger partial charge >= 0.3 is 6.18 Å². The molecule has 0 saturated heterocycles. The molecule has 2 heterocycles. The monoisotopic (exact) mass is 270 g/mol. The fourth-order valence-electron chi connectivity index (χ4n) is 1.54. The summed E-state index contributed by atoms with van der Waals surface area (Å²) < 4.78 is 38.1. The van der Waals surface area contributed by atoms with Crippen LogP contribution in [0.5, 0.6) is 0 Å². The van der Waals surface area contributed by atoms with Crippen molar-refractivity contribution in [3.05, 3.63) is 12.2 Å². The normalized spacial score (nSPS) is 11.5. The van der Waals surface area contributed by atoms with Crippen molar-refractivity contribution < 1.29 is 13.2 Å². The molecule has 2 rings (SSSR count). The van der Waals surface area contributed by atoms with E-state index in [2.05, 4.69) is 19.9 Å². The van der Waals surface area contributed by atoms with Gasteiger partial charge in [-0.1, -0.05) is 0 Å². The molecule has 100 valence electrons. The molecule has 0 atom stereocenters. The smallest absolute Gasteiger partial charge is 0.357 e. The molecule has 0 amide bonds. The maximum atomic E-state index is 12.7. The molecule has 6 nitrogen and oxygen atoms in total. The summed E-state index contributed by atoms with van der Waals surface area (Å²) in [5.41, 5.74) is 0.259. The molecule has 0 aliphatic rings. The molecular weight excluding hydrogens is 261 g/mol. The van der Waals surface area contributed by atoms with Crippen LogP contribution in [0.4, 0.5) is 19.0 Å². The first-order valence-corrected chi connectivity index (χ1v) is 5.30. The van der Waals surface area contributed by atoms with Gasteiger partial charge in [-0.2, -0.15) is 18.4 Å². The van der Waals surface area contributed by atoms with Crippen molar-refractivity contribution in [2.45, 2.75) is 12.6 Å². The van der Waals surface area contributed by atoms with Gasteiger partial charge in [-0.05, 0) is 0 Å². The number of halogens is 3. The van der Waals surface area contributed by atoms with Crippen molar-refractivity contribution in [3.63, 3.8) is 0 Å². The number of alkyl halides is 3. The highest BCUT2D eigenvalue weighted by Crippen LogP contribution is 2.30.